The second-order valence-corrected chi connectivity index (χ2v) is 6.85. The summed E-state index contributed by atoms with van der Waals surface area (Å²) < 4.78 is 11.1. The highest BCUT2D eigenvalue weighted by molar-refractivity contribution is 7.20. The maximum Gasteiger partial charge on any atom is 0.413 e. The Hall–Kier alpha value is -2.75. The lowest BCUT2D eigenvalue weighted by Gasteiger charge is -2.11. The van der Waals surface area contributed by atoms with E-state index in [1.165, 1.54) is 6.92 Å². The summed E-state index contributed by atoms with van der Waals surface area (Å²) in [6.07, 6.45) is -0.541. The largest absolute Gasteiger partial charge is 0.453 e. The number of amides is 2. The highest BCUT2D eigenvalue weighted by Crippen LogP contribution is 2.29. The number of esters is 1. The van der Waals surface area contributed by atoms with Crippen molar-refractivity contribution >= 4 is 39.5 Å². The Balaban J connectivity index is 1.86. The number of rotatable bonds is 3. The third-order valence-corrected chi connectivity index (χ3v) is 5.33. The van der Waals surface area contributed by atoms with Crippen LogP contribution in [-0.2, 0) is 27.2 Å². The Bertz CT molecular complexity index is 977. The van der Waals surface area contributed by atoms with E-state index in [0.29, 0.717) is 22.3 Å². The second-order valence-electron chi connectivity index (χ2n) is 5.85. The molecule has 2 aromatic heterocycles. The Morgan fingerprint density at radius 1 is 1.35 bits per heavy atom. The van der Waals surface area contributed by atoms with E-state index in [4.69, 9.17) is 4.74 Å². The number of hydrogen-bond donors (Lipinski definition) is 1. The van der Waals surface area contributed by atoms with Crippen LogP contribution in [0, 0.1) is 6.92 Å². The molecular formula is C16H17N3O6S. The number of thiophene rings is 1. The number of aryl methyl sites for hydroxylation is 2. The van der Waals surface area contributed by atoms with Crippen LogP contribution in [0.25, 0.3) is 10.2 Å². The molecule has 0 radical (unpaired) electrons. The molecule has 0 spiro atoms. The van der Waals surface area contributed by atoms with Crippen LogP contribution < -0.4 is 10.9 Å². The maximum atomic E-state index is 12.6. The first-order chi connectivity index (χ1) is 12.3. The van der Waals surface area contributed by atoms with Gasteiger partial charge in [-0.05, 0) is 25.8 Å². The fourth-order valence-corrected chi connectivity index (χ4v) is 3.86. The van der Waals surface area contributed by atoms with E-state index >= 15 is 0 Å². The van der Waals surface area contributed by atoms with Crippen molar-refractivity contribution in [3.05, 3.63) is 26.6 Å². The molecular weight excluding hydrogens is 362 g/mol. The van der Waals surface area contributed by atoms with Crippen molar-refractivity contribution in [2.45, 2.75) is 39.3 Å². The van der Waals surface area contributed by atoms with Crippen molar-refractivity contribution in [3.63, 3.8) is 0 Å². The van der Waals surface area contributed by atoms with Gasteiger partial charge in [-0.3, -0.25) is 19.5 Å². The van der Waals surface area contributed by atoms with Crippen LogP contribution in [0.2, 0.25) is 0 Å². The lowest BCUT2D eigenvalue weighted by molar-refractivity contribution is -0.128. The summed E-state index contributed by atoms with van der Waals surface area (Å²) in [5, 5.41) is 2.33. The minimum Gasteiger partial charge on any atom is -0.453 e. The van der Waals surface area contributed by atoms with Gasteiger partial charge in [0.05, 0.1) is 12.5 Å². The average Bonchev–Trinajstić information content (AvgIpc) is 3.19. The molecule has 0 unspecified atom stereocenters. The zero-order chi connectivity index (χ0) is 19.0. The zero-order valence-corrected chi connectivity index (χ0v) is 15.3. The maximum absolute atomic E-state index is 12.6. The molecule has 138 valence electrons. The second kappa shape index (κ2) is 6.87. The summed E-state index contributed by atoms with van der Waals surface area (Å²) >= 11 is 1.06. The van der Waals surface area contributed by atoms with Gasteiger partial charge in [-0.25, -0.2) is 14.6 Å². The van der Waals surface area contributed by atoms with Crippen molar-refractivity contribution < 1.29 is 23.9 Å². The van der Waals surface area contributed by atoms with Gasteiger partial charge >= 0.3 is 12.1 Å². The zero-order valence-electron chi connectivity index (χ0n) is 14.5. The first-order valence-corrected chi connectivity index (χ1v) is 8.77. The van der Waals surface area contributed by atoms with Gasteiger partial charge in [-0.1, -0.05) is 0 Å². The molecule has 1 atom stereocenters. The van der Waals surface area contributed by atoms with Gasteiger partial charge in [0.15, 0.2) is 6.10 Å². The number of methoxy groups -OCH3 is 1. The third kappa shape index (κ3) is 3.07. The smallest absolute Gasteiger partial charge is 0.413 e. The standard InChI is InChI=1S/C16H17N3O6S/c1-7-10-13(17-9-5-4-6-19(9)14(10)21)26-11(7)15(22)25-8(2)12(20)18-16(23)24-3/h8H,4-6H2,1-3H3,(H,18,20,23)/t8-/m1/s1. The number of carbonyl (C=O) groups is 3. The van der Waals surface area contributed by atoms with E-state index in [1.807, 2.05) is 5.32 Å². The van der Waals surface area contributed by atoms with Crippen LogP contribution in [0.4, 0.5) is 4.79 Å². The van der Waals surface area contributed by atoms with E-state index < -0.39 is 24.1 Å². The van der Waals surface area contributed by atoms with Crippen LogP contribution >= 0.6 is 11.3 Å². The van der Waals surface area contributed by atoms with Gasteiger partial charge in [-0.2, -0.15) is 0 Å². The number of aromatic nitrogens is 2. The molecule has 1 aliphatic rings. The van der Waals surface area contributed by atoms with Crippen molar-refractivity contribution in [2.75, 3.05) is 7.11 Å². The number of imide groups is 1. The van der Waals surface area contributed by atoms with Crippen LogP contribution in [0.1, 0.15) is 34.4 Å². The topological polar surface area (TPSA) is 117 Å². The molecule has 26 heavy (non-hydrogen) atoms. The molecule has 9 nitrogen and oxygen atoms in total. The number of ether oxygens (including phenoxy) is 2. The first kappa shape index (κ1) is 18.1. The Kier molecular flexibility index (Phi) is 4.77. The summed E-state index contributed by atoms with van der Waals surface area (Å²) in [6.45, 7) is 3.61. The predicted molar refractivity (Wildman–Crippen MR) is 92.4 cm³/mol. The van der Waals surface area contributed by atoms with E-state index in [9.17, 15) is 19.2 Å². The molecule has 0 saturated carbocycles. The molecule has 2 aromatic rings. The number of alkyl carbamates (subject to hydrolysis) is 1. The fourth-order valence-electron chi connectivity index (χ4n) is 2.79. The van der Waals surface area contributed by atoms with E-state index in [1.54, 1.807) is 11.5 Å². The molecule has 1 aliphatic heterocycles. The van der Waals surface area contributed by atoms with Crippen LogP contribution in [0.5, 0.6) is 0 Å². The summed E-state index contributed by atoms with van der Waals surface area (Å²) in [6, 6.07) is 0. The number of nitrogens with one attached hydrogen (secondary N) is 1. The third-order valence-electron chi connectivity index (χ3n) is 4.16. The number of nitrogens with zero attached hydrogens (tertiary/aromatic N) is 2. The molecule has 0 bridgehead atoms. The monoisotopic (exact) mass is 379 g/mol. The van der Waals surface area contributed by atoms with Gasteiger partial charge in [0.1, 0.15) is 15.5 Å². The van der Waals surface area contributed by atoms with Crippen LogP contribution in [0.15, 0.2) is 4.79 Å². The predicted octanol–water partition coefficient (Wildman–Crippen LogP) is 1.14. The molecule has 0 aromatic carbocycles. The van der Waals surface area contributed by atoms with Crippen LogP contribution in [-0.4, -0.2) is 40.7 Å². The highest BCUT2D eigenvalue weighted by atomic mass is 32.1. The van der Waals surface area contributed by atoms with Crippen molar-refractivity contribution in [2.24, 2.45) is 0 Å². The summed E-state index contributed by atoms with van der Waals surface area (Å²) in [7, 11) is 1.11. The lowest BCUT2D eigenvalue weighted by atomic mass is 10.2. The quantitative estimate of drug-likeness (QED) is 0.795. The molecule has 3 rings (SSSR count). The minimum absolute atomic E-state index is 0.160. The van der Waals surface area contributed by atoms with Gasteiger partial charge in [0, 0.05) is 13.0 Å². The lowest BCUT2D eigenvalue weighted by Crippen LogP contribution is -2.39. The fraction of sp³-hybridized carbons (Fsp3) is 0.438. The molecule has 0 fully saturated rings. The van der Waals surface area contributed by atoms with E-state index in [0.717, 1.165) is 37.1 Å². The Morgan fingerprint density at radius 3 is 2.77 bits per heavy atom. The average molecular weight is 379 g/mol. The molecule has 3 heterocycles. The molecule has 1 N–H and O–H groups in total. The molecule has 0 saturated heterocycles. The van der Waals surface area contributed by atoms with Crippen LogP contribution in [0.3, 0.4) is 0 Å². The summed E-state index contributed by atoms with van der Waals surface area (Å²) in [5.41, 5.74) is 0.321. The Labute approximate surface area is 151 Å². The first-order valence-electron chi connectivity index (χ1n) is 7.96. The van der Waals surface area contributed by atoms with Gasteiger partial charge in [0.25, 0.3) is 11.5 Å². The normalized spacial score (nSPS) is 14.0. The molecule has 0 aliphatic carbocycles. The van der Waals surface area contributed by atoms with Crippen molar-refractivity contribution in [3.8, 4) is 0 Å². The number of carbonyl (C=O) groups excluding carboxylic acids is 3. The van der Waals surface area contributed by atoms with Crippen molar-refractivity contribution in [1.82, 2.24) is 14.9 Å². The Morgan fingerprint density at radius 2 is 2.08 bits per heavy atom. The van der Waals surface area contributed by atoms with E-state index in [-0.39, 0.29) is 10.4 Å². The summed E-state index contributed by atoms with van der Waals surface area (Å²) in [4.78, 5) is 53.1. The highest BCUT2D eigenvalue weighted by Gasteiger charge is 2.27. The number of hydrogen-bond acceptors (Lipinski definition) is 8. The number of fused-ring (bicyclic) bond motifs is 2. The van der Waals surface area contributed by atoms with Gasteiger partial charge in [0.2, 0.25) is 0 Å². The minimum atomic E-state index is -1.20. The van der Waals surface area contributed by atoms with Gasteiger partial charge in [-0.15, -0.1) is 11.3 Å². The van der Waals surface area contributed by atoms with E-state index in [2.05, 4.69) is 9.72 Å². The van der Waals surface area contributed by atoms with Crippen molar-refractivity contribution in [1.29, 1.82) is 0 Å². The molecule has 10 heteroatoms. The molecule has 2 amide bonds. The summed E-state index contributed by atoms with van der Waals surface area (Å²) in [5.74, 6) is -0.835. The van der Waals surface area contributed by atoms with Gasteiger partial charge < -0.3 is 9.47 Å². The SMILES string of the molecule is COC(=O)NC(=O)[C@@H](C)OC(=O)c1sc2nc3n(c(=O)c2c1C)CCC3.